The van der Waals surface area contributed by atoms with Crippen LogP contribution in [0, 0.1) is 24.7 Å². The zero-order valence-corrected chi connectivity index (χ0v) is 41.1. The Hall–Kier alpha value is -5.38. The number of aryl methyl sites for hydroxylation is 1. The van der Waals surface area contributed by atoms with Gasteiger partial charge in [-0.25, -0.2) is 26.8 Å². The van der Waals surface area contributed by atoms with Gasteiger partial charge < -0.3 is 25.2 Å². The summed E-state index contributed by atoms with van der Waals surface area (Å²) in [5.74, 6) is -1.59. The molecule has 2 amide bonds. The highest BCUT2D eigenvalue weighted by molar-refractivity contribution is 7.91. The number of aromatic nitrogens is 2. The Labute approximate surface area is 417 Å². The molecule has 0 atom stereocenters. The van der Waals surface area contributed by atoms with Crippen LogP contribution in [0.2, 0.25) is 0 Å². The number of carbonyl (C=O) groups excluding carboxylic acids is 2. The number of hydrogen-bond acceptors (Lipinski definition) is 11. The number of pyridine rings is 2. The largest absolute Gasteiger partial charge is 0.430 e. The molecule has 1 aliphatic heterocycles. The molecule has 2 aliphatic carbocycles. The molecule has 0 unspecified atom stereocenters. The van der Waals surface area contributed by atoms with Gasteiger partial charge >= 0.3 is 24.7 Å². The minimum absolute atomic E-state index is 0.00525. The lowest BCUT2D eigenvalue weighted by atomic mass is 9.91. The summed E-state index contributed by atoms with van der Waals surface area (Å²) in [5, 5.41) is 13.9. The summed E-state index contributed by atoms with van der Waals surface area (Å²) in [7, 11) is -7.07. The van der Waals surface area contributed by atoms with E-state index in [9.17, 15) is 84.2 Å². The number of hydrogen-bond donors (Lipinski definition) is 3. The molecule has 0 radical (unpaired) electrons. The van der Waals surface area contributed by atoms with E-state index in [1.807, 2.05) is 13.8 Å². The molecule has 2 aromatic heterocycles. The number of alkyl halides is 12. The number of ether oxygens (including phenoxy) is 2. The van der Waals surface area contributed by atoms with Crippen LogP contribution < -0.4 is 10.6 Å². The molecule has 0 spiro atoms. The number of nitrogens with one attached hydrogen (secondary N) is 2. The second kappa shape index (κ2) is 22.8. The van der Waals surface area contributed by atoms with Gasteiger partial charge in [0.25, 0.3) is 11.2 Å². The summed E-state index contributed by atoms with van der Waals surface area (Å²) in [4.78, 5) is 32.5. The molecule has 2 aromatic carbocycles. The summed E-state index contributed by atoms with van der Waals surface area (Å²) < 4.78 is 220. The Balaban J connectivity index is 0.000000267. The van der Waals surface area contributed by atoms with Crippen LogP contribution >= 0.6 is 0 Å². The van der Waals surface area contributed by atoms with Gasteiger partial charge in [0.15, 0.2) is 29.7 Å². The molecule has 74 heavy (non-hydrogen) atoms. The first-order valence-electron chi connectivity index (χ1n) is 22.6. The van der Waals surface area contributed by atoms with Crippen LogP contribution in [0.1, 0.15) is 67.3 Å². The second-order valence-electron chi connectivity index (χ2n) is 17.6. The first-order valence-corrected chi connectivity index (χ1v) is 25.9. The first kappa shape index (κ1) is 59.5. The quantitative estimate of drug-likeness (QED) is 0.0854. The highest BCUT2D eigenvalue weighted by atomic mass is 32.2. The molecule has 1 saturated heterocycles. The van der Waals surface area contributed by atoms with Crippen molar-refractivity contribution in [1.29, 1.82) is 0 Å². The molecule has 13 nitrogen and oxygen atoms in total. The number of aliphatic hydroxyl groups is 1. The number of anilines is 2. The van der Waals surface area contributed by atoms with Crippen molar-refractivity contribution in [3.05, 3.63) is 107 Å². The number of sulfone groups is 2. The van der Waals surface area contributed by atoms with Crippen LogP contribution in [0.25, 0.3) is 0 Å². The maximum absolute atomic E-state index is 13.9. The second-order valence-corrected chi connectivity index (χ2v) is 21.6. The zero-order valence-electron chi connectivity index (χ0n) is 39.5. The maximum atomic E-state index is 13.9. The van der Waals surface area contributed by atoms with Gasteiger partial charge in [0, 0.05) is 40.8 Å². The normalized spacial score (nSPS) is 15.9. The number of carbonyl (C=O) groups is 2. The standard InChI is InChI=1S/C24H24F6N2O5S.C21H20F6N2O4S.C2H6/c25-23(26,27)22(24(28,29)30,37-13-17-11-36-12-17)18-4-6-19(7-5-18)32-20(33)9-16-3-8-21(31-10-16)38(34,35)14-15-1-2-15;1-12-8-14(10-28-18(12)34(32,33)11-13-2-3-13)9-17(30)29-16-6-4-15(5-7-16)19(31,20(22,23)24)21(25,26)27;1-2/h3-8,10,15,17H,1-2,9,11-14H2,(H,32,33);4-8,10,13,31H,2-3,9,11H2,1H3,(H,29,30);1-2H3. The summed E-state index contributed by atoms with van der Waals surface area (Å²) in [6, 6.07) is 9.66. The highest BCUT2D eigenvalue weighted by Crippen LogP contribution is 2.54. The third-order valence-corrected chi connectivity index (χ3v) is 15.3. The fourth-order valence-corrected chi connectivity index (χ4v) is 10.8. The molecule has 408 valence electrons. The van der Waals surface area contributed by atoms with Crippen molar-refractivity contribution in [2.45, 2.75) is 105 Å². The first-order chi connectivity index (χ1) is 34.3. The summed E-state index contributed by atoms with van der Waals surface area (Å²) in [5.41, 5.74) is -11.3. The van der Waals surface area contributed by atoms with Gasteiger partial charge in [-0.3, -0.25) is 9.59 Å². The Morgan fingerprint density at radius 2 is 1.07 bits per heavy atom. The molecule has 0 bridgehead atoms. The topological polar surface area (TPSA) is 191 Å². The van der Waals surface area contributed by atoms with Crippen LogP contribution in [0.5, 0.6) is 0 Å². The van der Waals surface area contributed by atoms with Gasteiger partial charge in [0.1, 0.15) is 0 Å². The van der Waals surface area contributed by atoms with Crippen LogP contribution in [-0.4, -0.2) is 99.8 Å². The number of nitrogens with zero attached hydrogens (tertiary/aromatic N) is 2. The van der Waals surface area contributed by atoms with Crippen LogP contribution in [0.4, 0.5) is 64.1 Å². The van der Waals surface area contributed by atoms with Gasteiger partial charge in [-0.1, -0.05) is 50.2 Å². The van der Waals surface area contributed by atoms with Crippen molar-refractivity contribution in [3.8, 4) is 0 Å². The van der Waals surface area contributed by atoms with Crippen molar-refractivity contribution in [3.63, 3.8) is 0 Å². The number of halogens is 12. The number of rotatable bonds is 17. The minimum atomic E-state index is -6.01. The average molecular weight is 1110 g/mol. The monoisotopic (exact) mass is 1110 g/mol. The van der Waals surface area contributed by atoms with Gasteiger partial charge in [0.2, 0.25) is 11.8 Å². The summed E-state index contributed by atoms with van der Waals surface area (Å²) in [6.45, 7) is 4.75. The maximum Gasteiger partial charge on any atom is 0.430 e. The van der Waals surface area contributed by atoms with Crippen LogP contribution in [0.15, 0.2) is 89.2 Å². The minimum Gasteiger partial charge on any atom is -0.381 e. The molecule has 3 aliphatic rings. The lowest BCUT2D eigenvalue weighted by Gasteiger charge is -2.39. The van der Waals surface area contributed by atoms with E-state index < -0.39 is 91.0 Å². The lowest BCUT2D eigenvalue weighted by Crippen LogP contribution is -2.57. The van der Waals surface area contributed by atoms with E-state index in [1.165, 1.54) is 37.5 Å². The molecule has 27 heteroatoms. The van der Waals surface area contributed by atoms with Gasteiger partial charge in [0.05, 0.1) is 44.2 Å². The van der Waals surface area contributed by atoms with Gasteiger partial charge in [-0.05, 0) is 91.5 Å². The smallest absolute Gasteiger partial charge is 0.381 e. The van der Waals surface area contributed by atoms with Gasteiger partial charge in [-0.2, -0.15) is 52.7 Å². The molecule has 2 saturated carbocycles. The average Bonchev–Trinajstić information content (AvgIpc) is 4.23. The molecule has 3 N–H and O–H groups in total. The highest BCUT2D eigenvalue weighted by Gasteiger charge is 2.74. The Kier molecular flexibility index (Phi) is 18.4. The molecule has 3 heterocycles. The fourth-order valence-electron chi connectivity index (χ4n) is 7.31. The van der Waals surface area contributed by atoms with Crippen molar-refractivity contribution in [2.75, 3.05) is 42.0 Å². The predicted molar refractivity (Wildman–Crippen MR) is 242 cm³/mol. The molecule has 4 aromatic rings. The zero-order chi connectivity index (χ0) is 55.3. The molecular formula is C47H50F12N4O9S2. The van der Waals surface area contributed by atoms with Gasteiger partial charge in [-0.15, -0.1) is 0 Å². The van der Waals surface area contributed by atoms with Crippen molar-refractivity contribution < 1.29 is 93.7 Å². The molecular weight excluding hydrogens is 1060 g/mol. The van der Waals surface area contributed by atoms with E-state index in [0.717, 1.165) is 49.9 Å². The fraction of sp³-hybridized carbons (Fsp3) is 0.489. The Morgan fingerprint density at radius 3 is 1.46 bits per heavy atom. The third kappa shape index (κ3) is 14.3. The lowest BCUT2D eigenvalue weighted by molar-refractivity contribution is -0.393. The van der Waals surface area contributed by atoms with E-state index in [1.54, 1.807) is 0 Å². The van der Waals surface area contributed by atoms with E-state index in [2.05, 4.69) is 25.3 Å². The number of amides is 2. The van der Waals surface area contributed by atoms with Crippen molar-refractivity contribution >= 4 is 42.9 Å². The van der Waals surface area contributed by atoms with Crippen molar-refractivity contribution in [1.82, 2.24) is 9.97 Å². The van der Waals surface area contributed by atoms with Crippen LogP contribution in [-0.2, 0) is 62.8 Å². The Morgan fingerprint density at radius 1 is 0.622 bits per heavy atom. The van der Waals surface area contributed by atoms with Crippen molar-refractivity contribution in [2.24, 2.45) is 17.8 Å². The van der Waals surface area contributed by atoms with Crippen LogP contribution in [0.3, 0.4) is 0 Å². The Bertz CT molecular complexity index is 2770. The summed E-state index contributed by atoms with van der Waals surface area (Å²) >= 11 is 0. The number of benzene rings is 2. The SMILES string of the molecule is CC.Cc1cc(CC(=O)Nc2ccc(C(O)(C(F)(F)F)C(F)(F)F)cc2)cnc1S(=O)(=O)CC1CC1.O=C(Cc1ccc(S(=O)(=O)CC2CC2)nc1)Nc1ccc(C(OCC2COC2)(C(F)(F)F)C(F)(F)F)cc1. The van der Waals surface area contributed by atoms with E-state index in [-0.39, 0.29) is 70.8 Å². The summed E-state index contributed by atoms with van der Waals surface area (Å²) in [6.07, 6.45) is -18.3. The third-order valence-electron chi connectivity index (χ3n) is 11.6. The molecule has 3 fully saturated rings. The van der Waals surface area contributed by atoms with E-state index in [4.69, 9.17) is 4.74 Å². The predicted octanol–water partition coefficient (Wildman–Crippen LogP) is 9.52. The van der Waals surface area contributed by atoms with E-state index in [0.29, 0.717) is 41.0 Å². The van der Waals surface area contributed by atoms with E-state index >= 15 is 0 Å². The molecule has 7 rings (SSSR count).